The lowest BCUT2D eigenvalue weighted by Crippen LogP contribution is -1.98. The number of aromatic amines is 1. The zero-order chi connectivity index (χ0) is 22.7. The standard InChI is InChI=1S/C23H20Cl2N4O2S/c1-2-5-21-26-23(28-27-21)32-20(22(30)31)11-15-13-29(19-7-4-3-6-16(15)19)12-14-8-9-17(24)18(25)10-14/h3-4,6-11,13H,2,5,12H2,1H3,(H,30,31)(H,26,27,28)/b20-11-. The summed E-state index contributed by atoms with van der Waals surface area (Å²) in [6.45, 7) is 2.62. The van der Waals surface area contributed by atoms with Crippen molar-refractivity contribution >= 4 is 57.9 Å². The number of aromatic nitrogens is 4. The molecule has 0 unspecified atom stereocenters. The molecule has 0 aliphatic heterocycles. The summed E-state index contributed by atoms with van der Waals surface area (Å²) in [5, 5.41) is 19.1. The third-order valence-corrected chi connectivity index (χ3v) is 6.47. The second kappa shape index (κ2) is 9.81. The maximum absolute atomic E-state index is 12.0. The molecular formula is C23H20Cl2N4O2S. The van der Waals surface area contributed by atoms with E-state index in [2.05, 4.69) is 19.7 Å². The molecule has 0 aliphatic rings. The van der Waals surface area contributed by atoms with Gasteiger partial charge in [-0.15, -0.1) is 5.10 Å². The number of nitrogens with zero attached hydrogens (tertiary/aromatic N) is 3. The van der Waals surface area contributed by atoms with E-state index >= 15 is 0 Å². The Balaban J connectivity index is 1.69. The summed E-state index contributed by atoms with van der Waals surface area (Å²) < 4.78 is 2.07. The molecule has 2 N–H and O–H groups in total. The molecule has 2 aromatic heterocycles. The van der Waals surface area contributed by atoms with Crippen LogP contribution in [0.5, 0.6) is 0 Å². The van der Waals surface area contributed by atoms with Gasteiger partial charge in [0.05, 0.1) is 10.0 Å². The lowest BCUT2D eigenvalue weighted by molar-refractivity contribution is -0.131. The first kappa shape index (κ1) is 22.5. The summed E-state index contributed by atoms with van der Waals surface area (Å²) in [6.07, 6.45) is 5.30. The Bertz CT molecular complexity index is 1310. The van der Waals surface area contributed by atoms with Crippen LogP contribution in [0.15, 0.2) is 58.7 Å². The van der Waals surface area contributed by atoms with Crippen molar-refractivity contribution in [2.75, 3.05) is 0 Å². The van der Waals surface area contributed by atoms with Crippen molar-refractivity contribution in [2.24, 2.45) is 0 Å². The highest BCUT2D eigenvalue weighted by molar-refractivity contribution is 8.04. The van der Waals surface area contributed by atoms with Gasteiger partial charge in [-0.1, -0.05) is 54.4 Å². The number of hydrogen-bond acceptors (Lipinski definition) is 4. The molecular weight excluding hydrogens is 467 g/mol. The molecule has 32 heavy (non-hydrogen) atoms. The predicted molar refractivity (Wildman–Crippen MR) is 129 cm³/mol. The Kier molecular flexibility index (Phi) is 6.89. The van der Waals surface area contributed by atoms with E-state index < -0.39 is 5.97 Å². The van der Waals surface area contributed by atoms with Gasteiger partial charge in [-0.2, -0.15) is 0 Å². The van der Waals surface area contributed by atoms with Crippen molar-refractivity contribution in [2.45, 2.75) is 31.5 Å². The molecule has 0 fully saturated rings. The molecule has 0 aliphatic carbocycles. The molecule has 2 aromatic carbocycles. The Labute approximate surface area is 199 Å². The van der Waals surface area contributed by atoms with Gasteiger partial charge in [-0.05, 0) is 48.0 Å². The molecule has 0 spiro atoms. The molecule has 9 heteroatoms. The van der Waals surface area contributed by atoms with Gasteiger partial charge in [0.25, 0.3) is 0 Å². The fourth-order valence-corrected chi connectivity index (χ4v) is 4.44. The number of thioether (sulfide) groups is 1. The number of benzene rings is 2. The molecule has 0 saturated heterocycles. The maximum atomic E-state index is 12.0. The molecule has 164 valence electrons. The van der Waals surface area contributed by atoms with E-state index in [9.17, 15) is 9.90 Å². The van der Waals surface area contributed by atoms with Gasteiger partial charge in [0.15, 0.2) is 0 Å². The zero-order valence-corrected chi connectivity index (χ0v) is 19.5. The summed E-state index contributed by atoms with van der Waals surface area (Å²) in [5.41, 5.74) is 2.78. The fraction of sp³-hybridized carbons (Fsp3) is 0.174. The van der Waals surface area contributed by atoms with Gasteiger partial charge in [-0.25, -0.2) is 9.78 Å². The second-order valence-corrected chi connectivity index (χ2v) is 9.03. The van der Waals surface area contributed by atoms with Crippen LogP contribution >= 0.6 is 35.0 Å². The first-order valence-electron chi connectivity index (χ1n) is 10.0. The number of carboxylic acid groups (broad SMARTS) is 1. The SMILES string of the molecule is CCCc1nc(S/C(=C\c2cn(Cc3ccc(Cl)c(Cl)c3)c3ccccc23)C(=O)O)n[nH]1. The summed E-state index contributed by atoms with van der Waals surface area (Å²) in [4.78, 5) is 16.5. The van der Waals surface area contributed by atoms with Crippen LogP contribution in [0.2, 0.25) is 10.0 Å². The van der Waals surface area contributed by atoms with Crippen molar-refractivity contribution in [1.29, 1.82) is 0 Å². The number of aryl methyl sites for hydroxylation is 1. The summed E-state index contributed by atoms with van der Waals surface area (Å²) in [5.74, 6) is -0.281. The molecule has 0 bridgehead atoms. The number of carboxylic acids is 1. The van der Waals surface area contributed by atoms with Crippen LogP contribution < -0.4 is 0 Å². The Morgan fingerprint density at radius 3 is 2.78 bits per heavy atom. The minimum Gasteiger partial charge on any atom is -0.477 e. The molecule has 2 heterocycles. The number of carbonyl (C=O) groups is 1. The van der Waals surface area contributed by atoms with Gasteiger partial charge < -0.3 is 9.67 Å². The van der Waals surface area contributed by atoms with E-state index in [1.54, 1.807) is 12.1 Å². The van der Waals surface area contributed by atoms with E-state index in [4.69, 9.17) is 23.2 Å². The first-order chi connectivity index (χ1) is 15.4. The van der Waals surface area contributed by atoms with Crippen LogP contribution in [-0.2, 0) is 17.8 Å². The molecule has 0 atom stereocenters. The largest absolute Gasteiger partial charge is 0.477 e. The summed E-state index contributed by atoms with van der Waals surface area (Å²) in [7, 11) is 0. The normalized spacial score (nSPS) is 11.9. The number of aliphatic carboxylic acids is 1. The van der Waals surface area contributed by atoms with Gasteiger partial charge in [0, 0.05) is 35.6 Å². The highest BCUT2D eigenvalue weighted by Crippen LogP contribution is 2.30. The molecule has 4 rings (SSSR count). The average molecular weight is 487 g/mol. The van der Waals surface area contributed by atoms with Gasteiger partial charge in [0.2, 0.25) is 5.16 Å². The van der Waals surface area contributed by atoms with Crippen LogP contribution in [0.3, 0.4) is 0 Å². The first-order valence-corrected chi connectivity index (χ1v) is 11.6. The number of rotatable bonds is 8. The highest BCUT2D eigenvalue weighted by Gasteiger charge is 2.16. The molecule has 4 aromatic rings. The van der Waals surface area contributed by atoms with Gasteiger partial charge in [0.1, 0.15) is 10.7 Å². The number of hydrogen-bond donors (Lipinski definition) is 2. The monoisotopic (exact) mass is 486 g/mol. The predicted octanol–water partition coefficient (Wildman–Crippen LogP) is 6.28. The number of H-pyrrole nitrogens is 1. The number of fused-ring (bicyclic) bond motifs is 1. The van der Waals surface area contributed by atoms with E-state index in [1.807, 2.05) is 49.5 Å². The van der Waals surface area contributed by atoms with Crippen molar-refractivity contribution in [3.63, 3.8) is 0 Å². The lowest BCUT2D eigenvalue weighted by atomic mass is 10.1. The molecule has 0 amide bonds. The van der Waals surface area contributed by atoms with E-state index in [1.165, 1.54) is 0 Å². The van der Waals surface area contributed by atoms with E-state index in [-0.39, 0.29) is 4.91 Å². The number of para-hydroxylation sites is 1. The topological polar surface area (TPSA) is 83.8 Å². The van der Waals surface area contributed by atoms with E-state index in [0.29, 0.717) is 21.7 Å². The van der Waals surface area contributed by atoms with Crippen LogP contribution in [0.1, 0.15) is 30.3 Å². The van der Waals surface area contributed by atoms with Crippen molar-refractivity contribution in [1.82, 2.24) is 19.7 Å². The third kappa shape index (κ3) is 5.01. The minimum atomic E-state index is -1.03. The van der Waals surface area contributed by atoms with Crippen LogP contribution in [0.4, 0.5) is 0 Å². The molecule has 6 nitrogen and oxygen atoms in total. The average Bonchev–Trinajstić information content (AvgIpc) is 3.35. The number of halogens is 2. The minimum absolute atomic E-state index is 0.143. The second-order valence-electron chi connectivity index (χ2n) is 7.21. The van der Waals surface area contributed by atoms with Crippen molar-refractivity contribution < 1.29 is 9.90 Å². The third-order valence-electron chi connectivity index (χ3n) is 4.85. The fourth-order valence-electron chi connectivity index (χ4n) is 3.40. The lowest BCUT2D eigenvalue weighted by Gasteiger charge is -2.06. The smallest absolute Gasteiger partial charge is 0.342 e. The van der Waals surface area contributed by atoms with E-state index in [0.717, 1.165) is 52.5 Å². The Hall–Kier alpha value is -2.74. The Morgan fingerprint density at radius 1 is 1.22 bits per heavy atom. The highest BCUT2D eigenvalue weighted by atomic mass is 35.5. The van der Waals surface area contributed by atoms with Crippen molar-refractivity contribution in [3.05, 3.63) is 80.6 Å². The van der Waals surface area contributed by atoms with Gasteiger partial charge in [-0.3, -0.25) is 5.10 Å². The Morgan fingerprint density at radius 2 is 2.03 bits per heavy atom. The summed E-state index contributed by atoms with van der Waals surface area (Å²) >= 11 is 13.2. The van der Waals surface area contributed by atoms with Crippen molar-refractivity contribution in [3.8, 4) is 0 Å². The van der Waals surface area contributed by atoms with Crippen LogP contribution in [0.25, 0.3) is 17.0 Å². The molecule has 0 saturated carbocycles. The zero-order valence-electron chi connectivity index (χ0n) is 17.2. The summed E-state index contributed by atoms with van der Waals surface area (Å²) in [6, 6.07) is 13.4. The number of nitrogens with one attached hydrogen (secondary N) is 1. The van der Waals surface area contributed by atoms with Crippen LogP contribution in [0, 0.1) is 0 Å². The quantitative estimate of drug-likeness (QED) is 0.226. The van der Waals surface area contributed by atoms with Gasteiger partial charge >= 0.3 is 5.97 Å². The maximum Gasteiger partial charge on any atom is 0.342 e. The molecule has 0 radical (unpaired) electrons. The van der Waals surface area contributed by atoms with Crippen LogP contribution in [-0.4, -0.2) is 30.8 Å².